The highest BCUT2D eigenvalue weighted by molar-refractivity contribution is 6.41. The second kappa shape index (κ2) is 12.2. The molecule has 1 aliphatic heterocycles. The van der Waals surface area contributed by atoms with Crippen LogP contribution in [-0.2, 0) is 0 Å². The summed E-state index contributed by atoms with van der Waals surface area (Å²) in [6, 6.07) is 13.3. The first-order valence-electron chi connectivity index (χ1n) is 11.9. The monoisotopic (exact) mass is 591 g/mol. The summed E-state index contributed by atoms with van der Waals surface area (Å²) in [5, 5.41) is 6.57. The number of rotatable bonds is 7. The molecular weight excluding hydrogens is 565 g/mol. The Morgan fingerprint density at radius 2 is 1.54 bits per heavy atom. The zero-order valence-electron chi connectivity index (χ0n) is 21.5. The molecule has 206 valence electrons. The van der Waals surface area contributed by atoms with Gasteiger partial charge in [-0.15, -0.1) is 12.4 Å². The summed E-state index contributed by atoms with van der Waals surface area (Å²) in [7, 11) is 5.08. The topological polar surface area (TPSA) is 108 Å². The Morgan fingerprint density at radius 3 is 2.15 bits per heavy atom. The van der Waals surface area contributed by atoms with Crippen LogP contribution >= 0.6 is 35.6 Å². The highest BCUT2D eigenvalue weighted by atomic mass is 35.5. The maximum Gasteiger partial charge on any atom is 0.292 e. The third-order valence-electron chi connectivity index (χ3n) is 6.38. The van der Waals surface area contributed by atoms with Gasteiger partial charge in [-0.25, -0.2) is 9.97 Å². The maximum atomic E-state index is 12.8. The number of methoxy groups -OCH3 is 2. The first-order chi connectivity index (χ1) is 18.4. The lowest BCUT2D eigenvalue weighted by molar-refractivity contribution is 0.313. The van der Waals surface area contributed by atoms with Crippen molar-refractivity contribution in [1.82, 2.24) is 19.9 Å². The van der Waals surface area contributed by atoms with Gasteiger partial charge in [-0.05, 0) is 43.4 Å². The molecule has 0 bridgehead atoms. The van der Waals surface area contributed by atoms with Crippen molar-refractivity contribution in [2.24, 2.45) is 0 Å². The molecule has 0 radical (unpaired) electrons. The lowest BCUT2D eigenvalue weighted by Gasteiger charge is -2.34. The zero-order chi connectivity index (χ0) is 26.8. The molecule has 5 rings (SSSR count). The van der Waals surface area contributed by atoms with Gasteiger partial charge in [0.25, 0.3) is 5.56 Å². The van der Waals surface area contributed by atoms with Gasteiger partial charge in [0.15, 0.2) is 11.5 Å². The van der Waals surface area contributed by atoms with E-state index in [1.54, 1.807) is 18.2 Å². The molecule has 0 saturated carbocycles. The molecule has 3 N–H and O–H groups in total. The molecule has 0 spiro atoms. The molecule has 4 aromatic rings. The van der Waals surface area contributed by atoms with Crippen molar-refractivity contribution >= 4 is 75.5 Å². The van der Waals surface area contributed by atoms with Gasteiger partial charge in [-0.1, -0.05) is 23.2 Å². The van der Waals surface area contributed by atoms with Crippen LogP contribution in [0.1, 0.15) is 0 Å². The number of aromatic nitrogens is 3. The van der Waals surface area contributed by atoms with Gasteiger partial charge in [0.2, 0.25) is 0 Å². The van der Waals surface area contributed by atoms with Crippen LogP contribution in [0.2, 0.25) is 10.0 Å². The Balaban J connectivity index is 0.00000353. The molecule has 1 fully saturated rings. The van der Waals surface area contributed by atoms with E-state index in [0.717, 1.165) is 31.9 Å². The minimum Gasteiger partial charge on any atom is -0.495 e. The highest BCUT2D eigenvalue weighted by Gasteiger charge is 2.19. The Kier molecular flexibility index (Phi) is 8.91. The molecule has 10 nitrogen and oxygen atoms in total. The third-order valence-corrected chi connectivity index (χ3v) is 7.13. The number of pyridine rings is 1. The second-order valence-electron chi connectivity index (χ2n) is 8.85. The number of likely N-dealkylation sites (N-methyl/N-ethyl adjacent to an activating group) is 1. The van der Waals surface area contributed by atoms with Crippen molar-refractivity contribution in [3.63, 3.8) is 0 Å². The van der Waals surface area contributed by atoms with Gasteiger partial charge in [0.1, 0.15) is 32.9 Å². The fraction of sp³-hybridized carbons (Fsp3) is 0.269. The van der Waals surface area contributed by atoms with Crippen LogP contribution in [0.3, 0.4) is 0 Å². The number of benzene rings is 2. The SMILES string of the molecule is COc1cc(OC)c(Cl)c(Nc2nc3ccc(Nc4ccc(N5CCN(C)CC5)cc4)nc3[nH]c2=O)c1Cl.Cl. The van der Waals surface area contributed by atoms with Crippen molar-refractivity contribution in [1.29, 1.82) is 0 Å². The van der Waals surface area contributed by atoms with E-state index in [4.69, 9.17) is 32.7 Å². The van der Waals surface area contributed by atoms with E-state index in [-0.39, 0.29) is 34.0 Å². The van der Waals surface area contributed by atoms with Crippen molar-refractivity contribution < 1.29 is 9.47 Å². The van der Waals surface area contributed by atoms with Gasteiger partial charge >= 0.3 is 0 Å². The molecule has 1 saturated heterocycles. The molecular formula is C26H28Cl3N7O3. The summed E-state index contributed by atoms with van der Waals surface area (Å²) >= 11 is 12.9. The number of H-pyrrole nitrogens is 1. The molecule has 0 atom stereocenters. The van der Waals surface area contributed by atoms with Crippen molar-refractivity contribution in [2.45, 2.75) is 0 Å². The van der Waals surface area contributed by atoms with E-state index in [2.05, 4.69) is 54.6 Å². The zero-order valence-corrected chi connectivity index (χ0v) is 23.9. The molecule has 1 aliphatic rings. The van der Waals surface area contributed by atoms with Gasteiger partial charge in [-0.3, -0.25) is 4.79 Å². The number of piperazine rings is 1. The molecule has 2 aromatic heterocycles. The van der Waals surface area contributed by atoms with Crippen LogP contribution in [0.15, 0.2) is 47.3 Å². The average molecular weight is 593 g/mol. The number of halogens is 3. The van der Waals surface area contributed by atoms with Crippen LogP contribution in [0.25, 0.3) is 11.2 Å². The Bertz CT molecular complexity index is 1500. The predicted octanol–water partition coefficient (Wildman–Crippen LogP) is 5.30. The predicted molar refractivity (Wildman–Crippen MR) is 160 cm³/mol. The second-order valence-corrected chi connectivity index (χ2v) is 9.61. The molecule has 0 aliphatic carbocycles. The summed E-state index contributed by atoms with van der Waals surface area (Å²) in [4.78, 5) is 29.3. The smallest absolute Gasteiger partial charge is 0.292 e. The number of nitrogens with zero attached hydrogens (tertiary/aromatic N) is 4. The average Bonchev–Trinajstić information content (AvgIpc) is 2.92. The summed E-state index contributed by atoms with van der Waals surface area (Å²) < 4.78 is 10.6. The first kappa shape index (κ1) is 28.6. The first-order valence-corrected chi connectivity index (χ1v) is 12.7. The highest BCUT2D eigenvalue weighted by Crippen LogP contribution is 2.44. The van der Waals surface area contributed by atoms with Crippen molar-refractivity contribution in [3.05, 3.63) is 62.9 Å². The number of aromatic amines is 1. The standard InChI is InChI=1S/C26H27Cl2N7O3.ClH/c1-34-10-12-35(13-11-34)16-6-4-15(5-7-16)29-20-9-8-17-24(31-20)33-26(36)25(30-17)32-23-21(27)18(37-2)14-19(38-3)22(23)28;/h4-9,14H,10-13H2,1-3H3,(H,30,32)(H2,29,31,33,36);1H. The summed E-state index contributed by atoms with van der Waals surface area (Å²) in [6.45, 7) is 4.13. The van der Waals surface area contributed by atoms with E-state index < -0.39 is 5.56 Å². The van der Waals surface area contributed by atoms with Gasteiger partial charge in [0.05, 0.1) is 19.9 Å². The van der Waals surface area contributed by atoms with Crippen molar-refractivity contribution in [3.8, 4) is 11.5 Å². The minimum absolute atomic E-state index is 0. The molecule has 2 aromatic carbocycles. The lowest BCUT2D eigenvalue weighted by atomic mass is 10.2. The number of hydrogen-bond donors (Lipinski definition) is 3. The van der Waals surface area contributed by atoms with E-state index in [1.165, 1.54) is 19.9 Å². The summed E-state index contributed by atoms with van der Waals surface area (Å²) in [5.41, 5.74) is 2.64. The number of fused-ring (bicyclic) bond motifs is 1. The Labute approximate surface area is 241 Å². The number of nitrogens with one attached hydrogen (secondary N) is 3. The minimum atomic E-state index is -0.493. The quantitative estimate of drug-likeness (QED) is 0.263. The van der Waals surface area contributed by atoms with E-state index in [9.17, 15) is 4.79 Å². The maximum absolute atomic E-state index is 12.8. The van der Waals surface area contributed by atoms with Crippen LogP contribution in [0.5, 0.6) is 11.5 Å². The van der Waals surface area contributed by atoms with Gasteiger partial charge < -0.3 is 34.9 Å². The summed E-state index contributed by atoms with van der Waals surface area (Å²) in [6.07, 6.45) is 0. The Hall–Kier alpha value is -3.44. The van der Waals surface area contributed by atoms with Gasteiger partial charge in [0, 0.05) is 43.6 Å². The number of hydrogen-bond acceptors (Lipinski definition) is 9. The van der Waals surface area contributed by atoms with Crippen LogP contribution in [0, 0.1) is 0 Å². The van der Waals surface area contributed by atoms with Gasteiger partial charge in [-0.2, -0.15) is 0 Å². The van der Waals surface area contributed by atoms with Crippen LogP contribution in [-0.4, -0.2) is 67.3 Å². The molecule has 0 amide bonds. The third kappa shape index (κ3) is 6.09. The molecule has 3 heterocycles. The van der Waals surface area contributed by atoms with E-state index >= 15 is 0 Å². The fourth-order valence-corrected chi connectivity index (χ4v) is 4.80. The molecule has 0 unspecified atom stereocenters. The Morgan fingerprint density at radius 1 is 0.897 bits per heavy atom. The molecule has 13 heteroatoms. The lowest BCUT2D eigenvalue weighted by Crippen LogP contribution is -2.44. The fourth-order valence-electron chi connectivity index (χ4n) is 4.21. The van der Waals surface area contributed by atoms with Crippen LogP contribution in [0.4, 0.5) is 28.7 Å². The van der Waals surface area contributed by atoms with E-state index in [1.807, 2.05) is 12.1 Å². The summed E-state index contributed by atoms with van der Waals surface area (Å²) in [5.74, 6) is 1.24. The van der Waals surface area contributed by atoms with E-state index in [0.29, 0.717) is 28.5 Å². The number of ether oxygens (including phenoxy) is 2. The van der Waals surface area contributed by atoms with Crippen LogP contribution < -0.4 is 30.6 Å². The number of anilines is 5. The van der Waals surface area contributed by atoms with Crippen molar-refractivity contribution in [2.75, 3.05) is 63.0 Å². The molecule has 39 heavy (non-hydrogen) atoms. The normalized spacial score (nSPS) is 13.6. The largest absolute Gasteiger partial charge is 0.495 e.